The molecule has 1 unspecified atom stereocenters. The summed E-state index contributed by atoms with van der Waals surface area (Å²) in [5, 5.41) is 8.51. The molecule has 0 saturated carbocycles. The Bertz CT molecular complexity index is 111. The van der Waals surface area contributed by atoms with E-state index in [0.29, 0.717) is 0 Å². The fourth-order valence-corrected chi connectivity index (χ4v) is 0.901. The lowest BCUT2D eigenvalue weighted by atomic mass is 10.4. The van der Waals surface area contributed by atoms with Crippen molar-refractivity contribution in [1.82, 2.24) is 0 Å². The Hall–Kier alpha value is -0.540. The second kappa shape index (κ2) is 5.16. The molecule has 0 spiro atoms. The first-order valence-electron chi connectivity index (χ1n) is 3.96. The number of ether oxygens (including phenoxy) is 2. The van der Waals surface area contributed by atoms with Crippen molar-refractivity contribution in [2.45, 2.75) is 25.6 Å². The fraction of sp³-hybridized carbons (Fsp3) is 0.750. The largest absolute Gasteiger partial charge is 0.501 e. The molecule has 1 saturated heterocycles. The normalized spacial score (nSPS) is 27.5. The monoisotopic (exact) mass is 158 g/mol. The average molecular weight is 158 g/mol. The highest BCUT2D eigenvalue weighted by Crippen LogP contribution is 2.07. The minimum absolute atomic E-state index is 0.454. The first kappa shape index (κ1) is 8.56. The van der Waals surface area contributed by atoms with Gasteiger partial charge in [-0.2, -0.15) is 0 Å². The van der Waals surface area contributed by atoms with Crippen LogP contribution in [0.5, 0.6) is 0 Å². The Morgan fingerprint density at radius 1 is 1.36 bits per heavy atom. The summed E-state index contributed by atoms with van der Waals surface area (Å²) in [5.74, 6) is 0. The quantitative estimate of drug-likeness (QED) is 0.572. The Balaban J connectivity index is 0.000000112. The molecule has 2 rings (SSSR count). The molecule has 0 aliphatic carbocycles. The summed E-state index contributed by atoms with van der Waals surface area (Å²) in [6, 6.07) is 0. The Labute approximate surface area is 66.6 Å². The molecule has 64 valence electrons. The Morgan fingerprint density at radius 3 is 2.45 bits per heavy atom. The zero-order valence-electron chi connectivity index (χ0n) is 6.53. The predicted molar refractivity (Wildman–Crippen MR) is 40.9 cm³/mol. The Morgan fingerprint density at radius 2 is 2.27 bits per heavy atom. The smallest absolute Gasteiger partial charge is 0.154 e. The van der Waals surface area contributed by atoms with Gasteiger partial charge in [0.25, 0.3) is 0 Å². The number of hydrogen-bond donors (Lipinski definition) is 1. The van der Waals surface area contributed by atoms with Gasteiger partial charge in [0.2, 0.25) is 0 Å². The van der Waals surface area contributed by atoms with Crippen LogP contribution in [0, 0.1) is 0 Å². The minimum Gasteiger partial charge on any atom is -0.501 e. The maximum absolute atomic E-state index is 8.51. The van der Waals surface area contributed by atoms with Crippen LogP contribution >= 0.6 is 0 Å². The zero-order valence-corrected chi connectivity index (χ0v) is 6.53. The third-order valence-electron chi connectivity index (χ3n) is 1.50. The van der Waals surface area contributed by atoms with Crippen molar-refractivity contribution in [1.29, 1.82) is 0 Å². The molecular formula is C8H14O3. The van der Waals surface area contributed by atoms with Crippen molar-refractivity contribution in [2.75, 3.05) is 13.2 Å². The molecule has 11 heavy (non-hydrogen) atoms. The highest BCUT2D eigenvalue weighted by molar-refractivity contribution is 4.78. The van der Waals surface area contributed by atoms with Gasteiger partial charge in [-0.15, -0.1) is 0 Å². The molecule has 1 atom stereocenters. The van der Waals surface area contributed by atoms with Crippen LogP contribution in [0.25, 0.3) is 0 Å². The van der Waals surface area contributed by atoms with Crippen LogP contribution < -0.4 is 0 Å². The zero-order chi connectivity index (χ0) is 7.94. The molecule has 1 N–H and O–H groups in total. The lowest BCUT2D eigenvalue weighted by Crippen LogP contribution is -1.99. The van der Waals surface area contributed by atoms with E-state index in [9.17, 15) is 0 Å². The van der Waals surface area contributed by atoms with E-state index in [-0.39, 0.29) is 0 Å². The molecule has 3 nitrogen and oxygen atoms in total. The minimum atomic E-state index is -0.454. The SMILES string of the molecule is C1=COCC1.OC1CCCO1. The van der Waals surface area contributed by atoms with Gasteiger partial charge < -0.3 is 14.6 Å². The molecule has 2 aliphatic rings. The van der Waals surface area contributed by atoms with Gasteiger partial charge in [0, 0.05) is 19.4 Å². The van der Waals surface area contributed by atoms with Crippen LogP contribution in [0.3, 0.4) is 0 Å². The highest BCUT2D eigenvalue weighted by atomic mass is 16.6. The van der Waals surface area contributed by atoms with Gasteiger partial charge in [-0.25, -0.2) is 0 Å². The van der Waals surface area contributed by atoms with Gasteiger partial charge in [-0.05, 0) is 12.5 Å². The number of aliphatic hydroxyl groups is 1. The molecule has 0 aromatic rings. The van der Waals surface area contributed by atoms with E-state index in [1.54, 1.807) is 6.26 Å². The van der Waals surface area contributed by atoms with Crippen molar-refractivity contribution in [3.63, 3.8) is 0 Å². The van der Waals surface area contributed by atoms with E-state index in [0.717, 1.165) is 32.5 Å². The third kappa shape index (κ3) is 4.01. The van der Waals surface area contributed by atoms with Crippen LogP contribution in [0.2, 0.25) is 0 Å². The van der Waals surface area contributed by atoms with Crippen molar-refractivity contribution in [3.8, 4) is 0 Å². The summed E-state index contributed by atoms with van der Waals surface area (Å²) in [6.07, 6.45) is 6.23. The number of aliphatic hydroxyl groups excluding tert-OH is 1. The van der Waals surface area contributed by atoms with E-state index in [1.165, 1.54) is 0 Å². The van der Waals surface area contributed by atoms with Crippen LogP contribution in [0.15, 0.2) is 12.3 Å². The van der Waals surface area contributed by atoms with Gasteiger partial charge >= 0.3 is 0 Å². The molecule has 0 aromatic heterocycles. The maximum Gasteiger partial charge on any atom is 0.154 e. The first-order valence-corrected chi connectivity index (χ1v) is 3.96. The van der Waals surface area contributed by atoms with Gasteiger partial charge in [-0.3, -0.25) is 0 Å². The molecule has 1 fully saturated rings. The number of rotatable bonds is 0. The van der Waals surface area contributed by atoms with E-state index >= 15 is 0 Å². The lowest BCUT2D eigenvalue weighted by Gasteiger charge is -1.93. The molecule has 0 aromatic carbocycles. The molecule has 2 heterocycles. The summed E-state index contributed by atoms with van der Waals surface area (Å²) in [4.78, 5) is 0. The topological polar surface area (TPSA) is 38.7 Å². The second-order valence-corrected chi connectivity index (χ2v) is 2.50. The van der Waals surface area contributed by atoms with Crippen LogP contribution in [-0.4, -0.2) is 24.6 Å². The van der Waals surface area contributed by atoms with E-state index < -0.39 is 6.29 Å². The molecule has 0 bridgehead atoms. The molecule has 0 radical (unpaired) electrons. The summed E-state index contributed by atoms with van der Waals surface area (Å²) in [5.41, 5.74) is 0. The third-order valence-corrected chi connectivity index (χ3v) is 1.50. The number of hydrogen-bond acceptors (Lipinski definition) is 3. The molecule has 3 heteroatoms. The first-order chi connectivity index (χ1) is 5.39. The van der Waals surface area contributed by atoms with Crippen LogP contribution in [0.1, 0.15) is 19.3 Å². The van der Waals surface area contributed by atoms with Crippen LogP contribution in [-0.2, 0) is 9.47 Å². The summed E-state index contributed by atoms with van der Waals surface area (Å²) < 4.78 is 9.47. The van der Waals surface area contributed by atoms with Gasteiger partial charge in [0.05, 0.1) is 12.9 Å². The maximum atomic E-state index is 8.51. The Kier molecular flexibility index (Phi) is 4.01. The van der Waals surface area contributed by atoms with Gasteiger partial charge in [0.15, 0.2) is 6.29 Å². The second-order valence-electron chi connectivity index (χ2n) is 2.50. The molecule has 2 aliphatic heterocycles. The molecular weight excluding hydrogens is 144 g/mol. The van der Waals surface area contributed by atoms with Crippen molar-refractivity contribution in [3.05, 3.63) is 12.3 Å². The van der Waals surface area contributed by atoms with Gasteiger partial charge in [0.1, 0.15) is 0 Å². The average Bonchev–Trinajstić information content (AvgIpc) is 2.57. The summed E-state index contributed by atoms with van der Waals surface area (Å²) in [7, 11) is 0. The lowest BCUT2D eigenvalue weighted by molar-refractivity contribution is -0.0589. The van der Waals surface area contributed by atoms with Gasteiger partial charge in [-0.1, -0.05) is 0 Å². The highest BCUT2D eigenvalue weighted by Gasteiger charge is 2.09. The van der Waals surface area contributed by atoms with E-state index in [4.69, 9.17) is 14.6 Å². The van der Waals surface area contributed by atoms with Crippen LogP contribution in [0.4, 0.5) is 0 Å². The predicted octanol–water partition coefficient (Wildman–Crippen LogP) is 1.04. The van der Waals surface area contributed by atoms with Crippen molar-refractivity contribution < 1.29 is 14.6 Å². The summed E-state index contributed by atoms with van der Waals surface area (Å²) >= 11 is 0. The van der Waals surface area contributed by atoms with Crippen molar-refractivity contribution in [2.24, 2.45) is 0 Å². The fourth-order valence-electron chi connectivity index (χ4n) is 0.901. The summed E-state index contributed by atoms with van der Waals surface area (Å²) in [6.45, 7) is 1.63. The van der Waals surface area contributed by atoms with E-state index in [2.05, 4.69) is 0 Å². The standard InChI is InChI=1S/C4H8O2.C4H6O/c5-4-2-1-3-6-4;1-2-4-5-3-1/h4-5H,1-3H2;1,3H,2,4H2. The van der Waals surface area contributed by atoms with E-state index in [1.807, 2.05) is 6.08 Å². The molecule has 0 amide bonds. The van der Waals surface area contributed by atoms with Crippen molar-refractivity contribution >= 4 is 0 Å².